The fourth-order valence-electron chi connectivity index (χ4n) is 2.31. The summed E-state index contributed by atoms with van der Waals surface area (Å²) in [5, 5.41) is 8.89. The summed E-state index contributed by atoms with van der Waals surface area (Å²) in [4.78, 5) is 10.8. The molecular formula is C13H15FO2. The van der Waals surface area contributed by atoms with Crippen molar-refractivity contribution < 1.29 is 14.3 Å². The summed E-state index contributed by atoms with van der Waals surface area (Å²) < 4.78 is 12.6. The third-order valence-corrected chi connectivity index (χ3v) is 3.37. The van der Waals surface area contributed by atoms with Crippen LogP contribution in [0.25, 0.3) is 0 Å². The van der Waals surface area contributed by atoms with E-state index in [1.807, 2.05) is 19.1 Å². The van der Waals surface area contributed by atoms with Gasteiger partial charge in [-0.3, -0.25) is 4.79 Å². The molecule has 1 aromatic rings. The zero-order chi connectivity index (χ0) is 11.8. The minimum absolute atomic E-state index is 0.156. The molecule has 0 saturated heterocycles. The lowest BCUT2D eigenvalue weighted by atomic mass is 9.88. The summed E-state index contributed by atoms with van der Waals surface area (Å²) in [6.07, 6.45) is 1.95. The van der Waals surface area contributed by atoms with Crippen LogP contribution in [0.5, 0.6) is 0 Å². The van der Waals surface area contributed by atoms with Crippen molar-refractivity contribution in [3.8, 4) is 0 Å². The van der Waals surface area contributed by atoms with Crippen LogP contribution < -0.4 is 0 Å². The third-order valence-electron chi connectivity index (χ3n) is 3.37. The second-order valence-electron chi connectivity index (χ2n) is 4.63. The molecule has 0 amide bonds. The number of hydrogen-bond acceptors (Lipinski definition) is 1. The van der Waals surface area contributed by atoms with Crippen molar-refractivity contribution in [3.63, 3.8) is 0 Å². The Balaban J connectivity index is 2.35. The van der Waals surface area contributed by atoms with Gasteiger partial charge in [0, 0.05) is 5.41 Å². The molecule has 1 aromatic carbocycles. The predicted octanol–water partition coefficient (Wildman–Crippen LogP) is 2.97. The van der Waals surface area contributed by atoms with Crippen LogP contribution in [0.3, 0.4) is 0 Å². The number of carboxylic acid groups (broad SMARTS) is 1. The number of carboxylic acids is 1. The Morgan fingerprint density at radius 2 is 2.19 bits per heavy atom. The molecule has 2 rings (SSSR count). The van der Waals surface area contributed by atoms with E-state index < -0.39 is 12.6 Å². The Hall–Kier alpha value is -1.38. The number of halogens is 1. The van der Waals surface area contributed by atoms with Crippen molar-refractivity contribution >= 4 is 5.97 Å². The minimum Gasteiger partial charge on any atom is -0.481 e. The fourth-order valence-corrected chi connectivity index (χ4v) is 2.31. The number of benzene rings is 1. The maximum Gasteiger partial charge on any atom is 0.304 e. The zero-order valence-electron chi connectivity index (χ0n) is 9.29. The Morgan fingerprint density at radius 3 is 2.69 bits per heavy atom. The average Bonchev–Trinajstić information content (AvgIpc) is 2.98. The van der Waals surface area contributed by atoms with E-state index in [1.165, 1.54) is 0 Å². The molecule has 1 aliphatic rings. The maximum atomic E-state index is 12.6. The van der Waals surface area contributed by atoms with Gasteiger partial charge in [0.05, 0.1) is 6.42 Å². The van der Waals surface area contributed by atoms with Crippen molar-refractivity contribution in [2.45, 2.75) is 38.3 Å². The van der Waals surface area contributed by atoms with Gasteiger partial charge in [-0.2, -0.15) is 0 Å². The van der Waals surface area contributed by atoms with Gasteiger partial charge in [-0.25, -0.2) is 4.39 Å². The van der Waals surface area contributed by atoms with Gasteiger partial charge in [-0.1, -0.05) is 18.2 Å². The van der Waals surface area contributed by atoms with E-state index in [-0.39, 0.29) is 11.8 Å². The minimum atomic E-state index is -0.775. The fraction of sp³-hybridized carbons (Fsp3) is 0.462. The largest absolute Gasteiger partial charge is 0.481 e. The highest BCUT2D eigenvalue weighted by Gasteiger charge is 2.46. The van der Waals surface area contributed by atoms with Crippen LogP contribution in [0.2, 0.25) is 0 Å². The molecule has 0 radical (unpaired) electrons. The lowest BCUT2D eigenvalue weighted by molar-refractivity contribution is -0.137. The first-order valence-electron chi connectivity index (χ1n) is 5.45. The number of carbonyl (C=O) groups is 1. The van der Waals surface area contributed by atoms with Crippen LogP contribution in [0.1, 0.15) is 36.0 Å². The molecule has 0 atom stereocenters. The molecule has 0 heterocycles. The molecule has 86 valence electrons. The van der Waals surface area contributed by atoms with Crippen molar-refractivity contribution in [3.05, 3.63) is 34.9 Å². The summed E-state index contributed by atoms with van der Waals surface area (Å²) in [5.74, 6) is -0.775. The Labute approximate surface area is 94.1 Å². The molecule has 16 heavy (non-hydrogen) atoms. The highest BCUT2D eigenvalue weighted by Crippen LogP contribution is 2.52. The lowest BCUT2D eigenvalue weighted by Gasteiger charge is -2.16. The Bertz CT molecular complexity index is 422. The smallest absolute Gasteiger partial charge is 0.304 e. The van der Waals surface area contributed by atoms with Crippen LogP contribution in [-0.4, -0.2) is 11.1 Å². The van der Waals surface area contributed by atoms with Crippen molar-refractivity contribution in [1.82, 2.24) is 0 Å². The topological polar surface area (TPSA) is 37.3 Å². The summed E-state index contributed by atoms with van der Waals surface area (Å²) in [6.45, 7) is 1.47. The number of alkyl halides is 1. The first-order chi connectivity index (χ1) is 7.57. The second kappa shape index (κ2) is 3.89. The molecule has 0 bridgehead atoms. The highest BCUT2D eigenvalue weighted by atomic mass is 19.1. The molecule has 1 N–H and O–H groups in total. The summed E-state index contributed by atoms with van der Waals surface area (Å²) in [7, 11) is 0. The van der Waals surface area contributed by atoms with Gasteiger partial charge in [0.1, 0.15) is 6.67 Å². The molecule has 3 heteroatoms. The van der Waals surface area contributed by atoms with E-state index >= 15 is 0 Å². The van der Waals surface area contributed by atoms with E-state index in [4.69, 9.17) is 5.11 Å². The number of aliphatic carboxylic acids is 1. The Kier molecular flexibility index (Phi) is 2.70. The standard InChI is InChI=1S/C13H15FO2/c1-9-2-3-10(8-14)6-11(9)13(4-5-13)7-12(15)16/h2-3,6H,4-5,7-8H2,1H3,(H,15,16). The van der Waals surface area contributed by atoms with Crippen LogP contribution in [0.4, 0.5) is 4.39 Å². The van der Waals surface area contributed by atoms with Gasteiger partial charge in [-0.15, -0.1) is 0 Å². The van der Waals surface area contributed by atoms with Crippen molar-refractivity contribution in [2.24, 2.45) is 0 Å². The van der Waals surface area contributed by atoms with Crippen LogP contribution in [-0.2, 0) is 16.9 Å². The van der Waals surface area contributed by atoms with Crippen molar-refractivity contribution in [1.29, 1.82) is 0 Å². The van der Waals surface area contributed by atoms with Gasteiger partial charge >= 0.3 is 5.97 Å². The quantitative estimate of drug-likeness (QED) is 0.850. The second-order valence-corrected chi connectivity index (χ2v) is 4.63. The first kappa shape index (κ1) is 11.1. The molecule has 0 unspecified atom stereocenters. The predicted molar refractivity (Wildman–Crippen MR) is 59.2 cm³/mol. The summed E-state index contributed by atoms with van der Waals surface area (Å²) in [5.41, 5.74) is 2.50. The highest BCUT2D eigenvalue weighted by molar-refractivity contribution is 5.70. The van der Waals surface area contributed by atoms with Gasteiger partial charge in [0.25, 0.3) is 0 Å². The first-order valence-corrected chi connectivity index (χ1v) is 5.45. The Morgan fingerprint density at radius 1 is 1.50 bits per heavy atom. The molecular weight excluding hydrogens is 207 g/mol. The molecule has 0 spiro atoms. The average molecular weight is 222 g/mol. The molecule has 0 aromatic heterocycles. The van der Waals surface area contributed by atoms with E-state index in [9.17, 15) is 9.18 Å². The van der Waals surface area contributed by atoms with Crippen molar-refractivity contribution in [2.75, 3.05) is 0 Å². The van der Waals surface area contributed by atoms with Gasteiger partial charge < -0.3 is 5.11 Å². The summed E-state index contributed by atoms with van der Waals surface area (Å²) in [6, 6.07) is 5.47. The normalized spacial score (nSPS) is 17.1. The van der Waals surface area contributed by atoms with E-state index in [0.717, 1.165) is 24.0 Å². The SMILES string of the molecule is Cc1ccc(CF)cc1C1(CC(=O)O)CC1. The molecule has 1 fully saturated rings. The molecule has 1 aliphatic carbocycles. The van der Waals surface area contributed by atoms with Gasteiger partial charge in [-0.05, 0) is 36.5 Å². The summed E-state index contributed by atoms with van der Waals surface area (Å²) >= 11 is 0. The third kappa shape index (κ3) is 1.94. The molecule has 0 aliphatic heterocycles. The van der Waals surface area contributed by atoms with E-state index in [2.05, 4.69) is 0 Å². The number of aryl methyl sites for hydroxylation is 1. The molecule has 2 nitrogen and oxygen atoms in total. The number of rotatable bonds is 4. The lowest BCUT2D eigenvalue weighted by Crippen LogP contribution is -2.14. The van der Waals surface area contributed by atoms with Gasteiger partial charge in [0.15, 0.2) is 0 Å². The zero-order valence-corrected chi connectivity index (χ0v) is 9.29. The number of hydrogen-bond donors (Lipinski definition) is 1. The van der Waals surface area contributed by atoms with Crippen LogP contribution in [0, 0.1) is 6.92 Å². The van der Waals surface area contributed by atoms with Gasteiger partial charge in [0.2, 0.25) is 0 Å². The molecule has 1 saturated carbocycles. The van der Waals surface area contributed by atoms with E-state index in [0.29, 0.717) is 5.56 Å². The van der Waals surface area contributed by atoms with E-state index in [1.54, 1.807) is 6.07 Å². The monoisotopic (exact) mass is 222 g/mol. The maximum absolute atomic E-state index is 12.6. The van der Waals surface area contributed by atoms with Crippen LogP contribution in [0.15, 0.2) is 18.2 Å². The van der Waals surface area contributed by atoms with Crippen LogP contribution >= 0.6 is 0 Å².